The minimum atomic E-state index is -3.28. The molecule has 1 aliphatic heterocycles. The van der Waals surface area contributed by atoms with Crippen LogP contribution in [0.15, 0.2) is 79.1 Å². The van der Waals surface area contributed by atoms with Crippen molar-refractivity contribution < 1.29 is 13.2 Å². The first-order chi connectivity index (χ1) is 16.3. The minimum Gasteiger partial charge on any atom is -0.336 e. The first-order valence-electron chi connectivity index (χ1n) is 11.6. The molecule has 0 spiro atoms. The molecule has 1 N–H and O–H groups in total. The Morgan fingerprint density at radius 3 is 2.38 bits per heavy atom. The van der Waals surface area contributed by atoms with Crippen molar-refractivity contribution in [2.24, 2.45) is 0 Å². The molecule has 0 bridgehead atoms. The smallest absolute Gasteiger partial charge is 0.223 e. The lowest BCUT2D eigenvalue weighted by Crippen LogP contribution is -2.48. The van der Waals surface area contributed by atoms with E-state index in [2.05, 4.69) is 40.9 Å². The Morgan fingerprint density at radius 2 is 1.76 bits per heavy atom. The van der Waals surface area contributed by atoms with E-state index in [1.807, 2.05) is 53.6 Å². The van der Waals surface area contributed by atoms with Gasteiger partial charge in [0.25, 0.3) is 0 Å². The fourth-order valence-corrected chi connectivity index (χ4v) is 5.36. The van der Waals surface area contributed by atoms with Gasteiger partial charge in [0.1, 0.15) is 0 Å². The van der Waals surface area contributed by atoms with Gasteiger partial charge in [0, 0.05) is 37.3 Å². The molecule has 4 rings (SSSR count). The Kier molecular flexibility index (Phi) is 7.14. The van der Waals surface area contributed by atoms with Crippen LogP contribution in [-0.2, 0) is 20.2 Å². The number of amides is 1. The van der Waals surface area contributed by atoms with Crippen LogP contribution in [-0.4, -0.2) is 43.6 Å². The lowest BCUT2D eigenvalue weighted by molar-refractivity contribution is -0.138. The first-order valence-corrected chi connectivity index (χ1v) is 13.5. The molecule has 1 aromatic heterocycles. The number of benzene rings is 2. The summed E-state index contributed by atoms with van der Waals surface area (Å²) in [6.45, 7) is 3.00. The van der Waals surface area contributed by atoms with Crippen molar-refractivity contribution in [3.63, 3.8) is 0 Å². The quantitative estimate of drug-likeness (QED) is 0.524. The minimum absolute atomic E-state index is 0.0432. The normalized spacial score (nSPS) is 19.7. The van der Waals surface area contributed by atoms with Gasteiger partial charge >= 0.3 is 0 Å². The van der Waals surface area contributed by atoms with Gasteiger partial charge in [-0.1, -0.05) is 60.7 Å². The number of nitrogens with one attached hydrogen (secondary N) is 1. The van der Waals surface area contributed by atoms with Crippen LogP contribution in [0.3, 0.4) is 0 Å². The number of hydrogen-bond donors (Lipinski definition) is 1. The number of piperidine rings is 1. The molecule has 0 saturated carbocycles. The molecule has 1 saturated heterocycles. The molecular weight excluding hydrogens is 446 g/mol. The van der Waals surface area contributed by atoms with E-state index < -0.39 is 10.0 Å². The molecule has 1 amide bonds. The lowest BCUT2D eigenvalue weighted by Gasteiger charge is -2.44. The average Bonchev–Trinajstić information content (AvgIpc) is 2.84. The Labute approximate surface area is 202 Å². The zero-order valence-corrected chi connectivity index (χ0v) is 20.5. The monoisotopic (exact) mass is 477 g/mol. The van der Waals surface area contributed by atoms with Gasteiger partial charge in [0.15, 0.2) is 0 Å². The Morgan fingerprint density at radius 1 is 1.03 bits per heavy atom. The van der Waals surface area contributed by atoms with Crippen molar-refractivity contribution in [2.75, 3.05) is 19.3 Å². The molecule has 2 atom stereocenters. The second-order valence-corrected chi connectivity index (χ2v) is 10.9. The molecule has 0 aliphatic carbocycles. The standard InChI is InChI=1S/C27H31N3O3S/c1-21(22-10-12-23(13-11-22)24-7-6-16-28-20-24)30-18-15-27(19-26(30)31,14-17-29-34(2,32)33)25-8-4-3-5-9-25/h3-13,16,20-21,29H,14-15,17-19H2,1-2H3/t21-,27-/m0/s1. The summed E-state index contributed by atoms with van der Waals surface area (Å²) in [6.07, 6.45) is 6.49. The molecule has 1 aliphatic rings. The summed E-state index contributed by atoms with van der Waals surface area (Å²) in [5.41, 5.74) is 3.96. The van der Waals surface area contributed by atoms with Crippen LogP contribution < -0.4 is 4.72 Å². The van der Waals surface area contributed by atoms with Crippen LogP contribution in [0.5, 0.6) is 0 Å². The van der Waals surface area contributed by atoms with E-state index >= 15 is 0 Å². The maximum absolute atomic E-state index is 13.4. The Bertz CT molecular complexity index is 1210. The molecule has 178 valence electrons. The number of carbonyl (C=O) groups excluding carboxylic acids is 1. The molecule has 1 fully saturated rings. The first kappa shape index (κ1) is 24.1. The number of carbonyl (C=O) groups is 1. The van der Waals surface area contributed by atoms with E-state index in [0.29, 0.717) is 25.9 Å². The second kappa shape index (κ2) is 10.1. The third-order valence-corrected chi connectivity index (χ3v) is 7.58. The van der Waals surface area contributed by atoms with E-state index in [4.69, 9.17) is 0 Å². The Balaban J connectivity index is 1.50. The van der Waals surface area contributed by atoms with Gasteiger partial charge in [0.2, 0.25) is 15.9 Å². The van der Waals surface area contributed by atoms with Crippen LogP contribution in [0.1, 0.15) is 43.4 Å². The maximum atomic E-state index is 13.4. The van der Waals surface area contributed by atoms with Crippen LogP contribution in [0.2, 0.25) is 0 Å². The molecule has 2 aromatic carbocycles. The molecule has 7 heteroatoms. The van der Waals surface area contributed by atoms with Crippen molar-refractivity contribution in [3.8, 4) is 11.1 Å². The number of aromatic nitrogens is 1. The van der Waals surface area contributed by atoms with Gasteiger partial charge in [0.05, 0.1) is 12.3 Å². The molecule has 3 aromatic rings. The summed E-state index contributed by atoms with van der Waals surface area (Å²) in [5, 5.41) is 0. The van der Waals surface area contributed by atoms with Gasteiger partial charge in [-0.25, -0.2) is 13.1 Å². The van der Waals surface area contributed by atoms with Crippen molar-refractivity contribution in [1.29, 1.82) is 0 Å². The van der Waals surface area contributed by atoms with E-state index in [9.17, 15) is 13.2 Å². The SMILES string of the molecule is C[C@@H](c1ccc(-c2cccnc2)cc1)N1CC[C@](CCNS(C)(=O)=O)(c2ccccc2)CC1=O. The number of nitrogens with zero attached hydrogens (tertiary/aromatic N) is 2. The molecule has 0 radical (unpaired) electrons. The van der Waals surface area contributed by atoms with Crippen molar-refractivity contribution in [2.45, 2.75) is 37.6 Å². The van der Waals surface area contributed by atoms with E-state index in [1.165, 1.54) is 0 Å². The van der Waals surface area contributed by atoms with Gasteiger partial charge in [-0.3, -0.25) is 9.78 Å². The van der Waals surface area contributed by atoms with Gasteiger partial charge in [-0.2, -0.15) is 0 Å². The number of likely N-dealkylation sites (tertiary alicyclic amines) is 1. The Hall–Kier alpha value is -3.03. The summed E-state index contributed by atoms with van der Waals surface area (Å²) in [5.74, 6) is 0.0956. The fraction of sp³-hybridized carbons (Fsp3) is 0.333. The third kappa shape index (κ3) is 5.54. The largest absolute Gasteiger partial charge is 0.336 e. The number of hydrogen-bond acceptors (Lipinski definition) is 4. The average molecular weight is 478 g/mol. The van der Waals surface area contributed by atoms with E-state index in [0.717, 1.165) is 34.9 Å². The highest BCUT2D eigenvalue weighted by Gasteiger charge is 2.41. The van der Waals surface area contributed by atoms with Crippen LogP contribution in [0.25, 0.3) is 11.1 Å². The van der Waals surface area contributed by atoms with Gasteiger partial charge in [-0.05, 0) is 48.1 Å². The summed E-state index contributed by atoms with van der Waals surface area (Å²) >= 11 is 0. The number of sulfonamides is 1. The summed E-state index contributed by atoms with van der Waals surface area (Å²) in [4.78, 5) is 19.6. The zero-order chi connectivity index (χ0) is 24.2. The molecule has 2 heterocycles. The number of pyridine rings is 1. The number of rotatable bonds is 8. The highest BCUT2D eigenvalue weighted by atomic mass is 32.2. The summed E-state index contributed by atoms with van der Waals surface area (Å²) < 4.78 is 25.8. The summed E-state index contributed by atoms with van der Waals surface area (Å²) in [6, 6.07) is 22.2. The predicted octanol–water partition coefficient (Wildman–Crippen LogP) is 4.31. The van der Waals surface area contributed by atoms with E-state index in [-0.39, 0.29) is 17.4 Å². The molecule has 0 unspecified atom stereocenters. The fourth-order valence-electron chi connectivity index (χ4n) is 4.89. The van der Waals surface area contributed by atoms with Crippen LogP contribution in [0.4, 0.5) is 0 Å². The molecule has 34 heavy (non-hydrogen) atoms. The zero-order valence-electron chi connectivity index (χ0n) is 19.6. The van der Waals surface area contributed by atoms with E-state index in [1.54, 1.807) is 6.20 Å². The van der Waals surface area contributed by atoms with Crippen molar-refractivity contribution in [1.82, 2.24) is 14.6 Å². The van der Waals surface area contributed by atoms with Crippen LogP contribution >= 0.6 is 0 Å². The second-order valence-electron chi connectivity index (χ2n) is 9.12. The van der Waals surface area contributed by atoms with Gasteiger partial charge < -0.3 is 4.90 Å². The molecule has 6 nitrogen and oxygen atoms in total. The third-order valence-electron chi connectivity index (χ3n) is 6.85. The lowest BCUT2D eigenvalue weighted by atomic mass is 9.70. The topological polar surface area (TPSA) is 79.4 Å². The van der Waals surface area contributed by atoms with Crippen LogP contribution in [0, 0.1) is 0 Å². The predicted molar refractivity (Wildman–Crippen MR) is 135 cm³/mol. The highest BCUT2D eigenvalue weighted by Crippen LogP contribution is 2.41. The van der Waals surface area contributed by atoms with Gasteiger partial charge in [-0.15, -0.1) is 0 Å². The molecular formula is C27H31N3O3S. The van der Waals surface area contributed by atoms with Crippen molar-refractivity contribution >= 4 is 15.9 Å². The maximum Gasteiger partial charge on any atom is 0.223 e. The van der Waals surface area contributed by atoms with Crippen molar-refractivity contribution in [3.05, 3.63) is 90.3 Å². The highest BCUT2D eigenvalue weighted by molar-refractivity contribution is 7.88. The summed E-state index contributed by atoms with van der Waals surface area (Å²) in [7, 11) is -3.28.